The molecule has 0 unspecified atom stereocenters. The summed E-state index contributed by atoms with van der Waals surface area (Å²) in [6.45, 7) is 0. The lowest BCUT2D eigenvalue weighted by molar-refractivity contribution is 0.470. The predicted molar refractivity (Wildman–Crippen MR) is 57.9 cm³/mol. The monoisotopic (exact) mass is 212 g/mol. The highest BCUT2D eigenvalue weighted by atomic mass is 16.3. The van der Waals surface area contributed by atoms with Gasteiger partial charge in [-0.1, -0.05) is 0 Å². The smallest absolute Gasteiger partial charge is 0.183 e. The molecule has 0 spiro atoms. The minimum atomic E-state index is 0.162. The van der Waals surface area contributed by atoms with Gasteiger partial charge < -0.3 is 5.11 Å². The van der Waals surface area contributed by atoms with E-state index in [1.54, 1.807) is 24.5 Å². The lowest BCUT2D eigenvalue weighted by Gasteiger charge is -1.91. The first-order valence-corrected chi connectivity index (χ1v) is 4.79. The Morgan fingerprint density at radius 1 is 1.19 bits per heavy atom. The maximum Gasteiger partial charge on any atom is 0.183 e. The van der Waals surface area contributed by atoms with Crippen LogP contribution < -0.4 is 0 Å². The summed E-state index contributed by atoms with van der Waals surface area (Å²) in [4.78, 5) is 8.33. The Labute approximate surface area is 91.0 Å². The van der Waals surface area contributed by atoms with Gasteiger partial charge >= 0.3 is 0 Å². The lowest BCUT2D eigenvalue weighted by atomic mass is 10.3. The summed E-state index contributed by atoms with van der Waals surface area (Å²) in [6.07, 6.45) is 4.92. The zero-order valence-electron chi connectivity index (χ0n) is 8.28. The average Bonchev–Trinajstić information content (AvgIpc) is 2.73. The van der Waals surface area contributed by atoms with Crippen molar-refractivity contribution in [1.82, 2.24) is 19.6 Å². The maximum atomic E-state index is 9.31. The van der Waals surface area contributed by atoms with Gasteiger partial charge in [-0.25, -0.2) is 9.50 Å². The molecule has 0 radical (unpaired) electrons. The van der Waals surface area contributed by atoms with E-state index in [4.69, 9.17) is 0 Å². The van der Waals surface area contributed by atoms with Crippen molar-refractivity contribution in [3.05, 3.63) is 42.9 Å². The van der Waals surface area contributed by atoms with Crippen LogP contribution >= 0.6 is 0 Å². The van der Waals surface area contributed by atoms with Gasteiger partial charge in [-0.15, -0.1) is 5.10 Å². The van der Waals surface area contributed by atoms with Crippen molar-refractivity contribution in [3.63, 3.8) is 0 Å². The van der Waals surface area contributed by atoms with Crippen LogP contribution in [0.15, 0.2) is 42.9 Å². The zero-order valence-corrected chi connectivity index (χ0v) is 8.28. The first-order chi connectivity index (χ1) is 7.83. The van der Waals surface area contributed by atoms with E-state index in [9.17, 15) is 5.11 Å². The average molecular weight is 212 g/mol. The molecule has 0 atom stereocenters. The number of nitrogens with zero attached hydrogens (tertiary/aromatic N) is 4. The maximum absolute atomic E-state index is 9.31. The van der Waals surface area contributed by atoms with E-state index in [0.29, 0.717) is 11.5 Å². The largest absolute Gasteiger partial charge is 0.506 e. The van der Waals surface area contributed by atoms with E-state index in [1.807, 2.05) is 12.1 Å². The quantitative estimate of drug-likeness (QED) is 0.663. The van der Waals surface area contributed by atoms with Crippen molar-refractivity contribution in [2.45, 2.75) is 0 Å². The molecule has 0 fully saturated rings. The van der Waals surface area contributed by atoms with Gasteiger partial charge in [0.15, 0.2) is 11.5 Å². The molecule has 3 aromatic heterocycles. The predicted octanol–water partition coefficient (Wildman–Crippen LogP) is 1.50. The fourth-order valence-electron chi connectivity index (χ4n) is 1.49. The van der Waals surface area contributed by atoms with Crippen LogP contribution in [0.2, 0.25) is 0 Å². The molecule has 3 heterocycles. The second kappa shape index (κ2) is 3.30. The molecule has 0 amide bonds. The Morgan fingerprint density at radius 2 is 2.12 bits per heavy atom. The van der Waals surface area contributed by atoms with Crippen LogP contribution in [-0.4, -0.2) is 24.7 Å². The zero-order chi connectivity index (χ0) is 11.0. The van der Waals surface area contributed by atoms with Gasteiger partial charge in [-0.3, -0.25) is 4.98 Å². The second-order valence-electron chi connectivity index (χ2n) is 3.37. The number of fused-ring (bicyclic) bond motifs is 1. The van der Waals surface area contributed by atoms with E-state index >= 15 is 0 Å². The van der Waals surface area contributed by atoms with E-state index in [1.165, 1.54) is 10.7 Å². The number of aromatic nitrogens is 4. The third-order valence-electron chi connectivity index (χ3n) is 2.24. The molecule has 3 rings (SSSR count). The molecule has 0 saturated heterocycles. The molecule has 0 bridgehead atoms. The highest BCUT2D eigenvalue weighted by molar-refractivity contribution is 5.56. The molecule has 0 aromatic carbocycles. The van der Waals surface area contributed by atoms with Crippen molar-refractivity contribution < 1.29 is 5.11 Å². The molecule has 3 aromatic rings. The van der Waals surface area contributed by atoms with Crippen LogP contribution in [0.3, 0.4) is 0 Å². The summed E-state index contributed by atoms with van der Waals surface area (Å²) >= 11 is 0. The fourth-order valence-corrected chi connectivity index (χ4v) is 1.49. The summed E-state index contributed by atoms with van der Waals surface area (Å²) in [5, 5.41) is 13.6. The van der Waals surface area contributed by atoms with Crippen molar-refractivity contribution in [2.24, 2.45) is 0 Å². The first-order valence-electron chi connectivity index (χ1n) is 4.79. The van der Waals surface area contributed by atoms with Gasteiger partial charge in [0.05, 0.1) is 6.20 Å². The minimum Gasteiger partial charge on any atom is -0.506 e. The Hall–Kier alpha value is -2.43. The fraction of sp³-hybridized carbons (Fsp3) is 0. The van der Waals surface area contributed by atoms with Gasteiger partial charge in [0.25, 0.3) is 0 Å². The van der Waals surface area contributed by atoms with Gasteiger partial charge in [0.2, 0.25) is 0 Å². The summed E-state index contributed by atoms with van der Waals surface area (Å²) in [6, 6.07) is 7.01. The van der Waals surface area contributed by atoms with Crippen molar-refractivity contribution in [3.8, 4) is 17.1 Å². The number of rotatable bonds is 1. The van der Waals surface area contributed by atoms with Crippen LogP contribution in [-0.2, 0) is 0 Å². The van der Waals surface area contributed by atoms with Crippen molar-refractivity contribution in [1.29, 1.82) is 0 Å². The topological polar surface area (TPSA) is 63.3 Å². The van der Waals surface area contributed by atoms with Gasteiger partial charge in [0.1, 0.15) is 5.75 Å². The molecule has 5 nitrogen and oxygen atoms in total. The number of pyridine rings is 2. The molecule has 0 saturated carbocycles. The molecular formula is C11H8N4O. The highest BCUT2D eigenvalue weighted by Gasteiger charge is 2.05. The standard InChI is InChI=1S/C11H8N4O/c16-9-3-4-10-13-11(14-15(10)7-9)8-2-1-5-12-6-8/h1-7,16H. The third kappa shape index (κ3) is 1.38. The minimum absolute atomic E-state index is 0.162. The van der Waals surface area contributed by atoms with Crippen LogP contribution in [0.1, 0.15) is 0 Å². The summed E-state index contributed by atoms with van der Waals surface area (Å²) in [5.74, 6) is 0.758. The molecule has 0 aliphatic heterocycles. The molecule has 78 valence electrons. The molecule has 16 heavy (non-hydrogen) atoms. The highest BCUT2D eigenvalue weighted by Crippen LogP contribution is 2.16. The van der Waals surface area contributed by atoms with Crippen molar-refractivity contribution >= 4 is 5.65 Å². The normalized spacial score (nSPS) is 10.8. The van der Waals surface area contributed by atoms with Crippen LogP contribution in [0, 0.1) is 0 Å². The number of aromatic hydroxyl groups is 1. The summed E-state index contributed by atoms with van der Waals surface area (Å²) < 4.78 is 1.54. The van der Waals surface area contributed by atoms with Crippen LogP contribution in [0.4, 0.5) is 0 Å². The van der Waals surface area contributed by atoms with Gasteiger partial charge in [-0.2, -0.15) is 0 Å². The Bertz CT molecular complexity index is 633. The Morgan fingerprint density at radius 3 is 2.94 bits per heavy atom. The second-order valence-corrected chi connectivity index (χ2v) is 3.37. The molecule has 0 aliphatic carbocycles. The lowest BCUT2D eigenvalue weighted by Crippen LogP contribution is -1.86. The van der Waals surface area contributed by atoms with E-state index in [2.05, 4.69) is 15.1 Å². The third-order valence-corrected chi connectivity index (χ3v) is 2.24. The van der Waals surface area contributed by atoms with Gasteiger partial charge in [0, 0.05) is 18.0 Å². The van der Waals surface area contributed by atoms with Crippen LogP contribution in [0.5, 0.6) is 5.75 Å². The van der Waals surface area contributed by atoms with E-state index in [-0.39, 0.29) is 5.75 Å². The summed E-state index contributed by atoms with van der Waals surface area (Å²) in [5.41, 5.74) is 1.54. The van der Waals surface area contributed by atoms with E-state index in [0.717, 1.165) is 5.56 Å². The SMILES string of the molecule is Oc1ccc2nc(-c3cccnc3)nn2c1. The van der Waals surface area contributed by atoms with Gasteiger partial charge in [-0.05, 0) is 24.3 Å². The molecule has 0 aliphatic rings. The number of hydrogen-bond acceptors (Lipinski definition) is 4. The number of hydrogen-bond donors (Lipinski definition) is 1. The summed E-state index contributed by atoms with van der Waals surface area (Å²) in [7, 11) is 0. The van der Waals surface area contributed by atoms with Crippen LogP contribution in [0.25, 0.3) is 17.0 Å². The first kappa shape index (κ1) is 8.84. The molecule has 1 N–H and O–H groups in total. The Balaban J connectivity index is 2.19. The Kier molecular flexibility index (Phi) is 1.83. The molecular weight excluding hydrogens is 204 g/mol. The molecule has 5 heteroatoms. The van der Waals surface area contributed by atoms with E-state index < -0.39 is 0 Å². The van der Waals surface area contributed by atoms with Crippen molar-refractivity contribution in [2.75, 3.05) is 0 Å².